The van der Waals surface area contributed by atoms with E-state index in [9.17, 15) is 0 Å². The van der Waals surface area contributed by atoms with Crippen LogP contribution >= 0.6 is 22.9 Å². The van der Waals surface area contributed by atoms with Crippen LogP contribution in [0.3, 0.4) is 0 Å². The number of rotatable bonds is 2. The van der Waals surface area contributed by atoms with E-state index < -0.39 is 0 Å². The number of aromatic nitrogens is 1. The molecule has 0 fully saturated rings. The summed E-state index contributed by atoms with van der Waals surface area (Å²) < 4.78 is 3.30. The molecule has 0 aliphatic heterocycles. The lowest BCUT2D eigenvalue weighted by atomic mass is 10.3. The maximum absolute atomic E-state index is 8.94. The summed E-state index contributed by atoms with van der Waals surface area (Å²) in [5.41, 5.74) is 1.11. The van der Waals surface area contributed by atoms with Crippen molar-refractivity contribution in [3.63, 3.8) is 0 Å². The SMILES string of the molecule is Cc1sc2ccc(Cl)cc2[n+]1CCO. The summed E-state index contributed by atoms with van der Waals surface area (Å²) in [6.07, 6.45) is 0. The third-order valence-corrected chi connectivity index (χ3v) is 3.49. The number of aryl methyl sites for hydroxylation is 1. The third kappa shape index (κ3) is 1.63. The second kappa shape index (κ2) is 3.85. The van der Waals surface area contributed by atoms with Crippen LogP contribution in [0.5, 0.6) is 0 Å². The lowest BCUT2D eigenvalue weighted by Crippen LogP contribution is -2.36. The normalized spacial score (nSPS) is 11.1. The molecule has 0 saturated heterocycles. The molecule has 2 nitrogen and oxygen atoms in total. The Hall–Kier alpha value is -0.640. The van der Waals surface area contributed by atoms with Gasteiger partial charge in [-0.25, -0.2) is 0 Å². The molecule has 0 radical (unpaired) electrons. The van der Waals surface area contributed by atoms with E-state index in [-0.39, 0.29) is 6.61 Å². The highest BCUT2D eigenvalue weighted by atomic mass is 35.5. The van der Waals surface area contributed by atoms with Crippen molar-refractivity contribution in [2.45, 2.75) is 13.5 Å². The zero-order valence-electron chi connectivity index (χ0n) is 7.83. The van der Waals surface area contributed by atoms with Gasteiger partial charge in [-0.05, 0) is 12.1 Å². The predicted octanol–water partition coefficient (Wildman–Crippen LogP) is 2.14. The van der Waals surface area contributed by atoms with E-state index in [1.54, 1.807) is 11.3 Å². The highest BCUT2D eigenvalue weighted by Crippen LogP contribution is 2.22. The van der Waals surface area contributed by atoms with Gasteiger partial charge in [0.15, 0.2) is 6.54 Å². The largest absolute Gasteiger partial charge is 0.390 e. The van der Waals surface area contributed by atoms with Crippen molar-refractivity contribution in [2.75, 3.05) is 6.61 Å². The van der Waals surface area contributed by atoms with Gasteiger partial charge < -0.3 is 5.11 Å². The second-order valence-electron chi connectivity index (χ2n) is 3.11. The fraction of sp³-hybridized carbons (Fsp3) is 0.300. The molecule has 14 heavy (non-hydrogen) atoms. The molecule has 4 heteroatoms. The maximum atomic E-state index is 8.94. The molecule has 2 rings (SSSR count). The Kier molecular flexibility index (Phi) is 2.72. The Morgan fingerprint density at radius 2 is 2.29 bits per heavy atom. The first kappa shape index (κ1) is 9.90. The zero-order chi connectivity index (χ0) is 10.1. The van der Waals surface area contributed by atoms with Crippen LogP contribution in [-0.4, -0.2) is 11.7 Å². The molecule has 2 aromatic rings. The average Bonchev–Trinajstić information content (AvgIpc) is 2.45. The first-order valence-electron chi connectivity index (χ1n) is 4.41. The quantitative estimate of drug-likeness (QED) is 0.783. The first-order valence-corrected chi connectivity index (χ1v) is 5.61. The fourth-order valence-electron chi connectivity index (χ4n) is 1.55. The number of nitrogens with zero attached hydrogens (tertiary/aromatic N) is 1. The average molecular weight is 229 g/mol. The zero-order valence-corrected chi connectivity index (χ0v) is 9.40. The molecule has 1 aromatic carbocycles. The fourth-order valence-corrected chi connectivity index (χ4v) is 2.74. The van der Waals surface area contributed by atoms with E-state index in [1.807, 2.05) is 25.1 Å². The molecule has 0 unspecified atom stereocenters. The van der Waals surface area contributed by atoms with Crippen LogP contribution in [0.15, 0.2) is 18.2 Å². The molecule has 0 atom stereocenters. The Balaban J connectivity index is 2.66. The van der Waals surface area contributed by atoms with Gasteiger partial charge in [-0.15, -0.1) is 0 Å². The van der Waals surface area contributed by atoms with Crippen molar-refractivity contribution in [3.05, 3.63) is 28.2 Å². The van der Waals surface area contributed by atoms with Gasteiger partial charge in [0, 0.05) is 18.0 Å². The van der Waals surface area contributed by atoms with Crippen molar-refractivity contribution in [1.82, 2.24) is 0 Å². The van der Waals surface area contributed by atoms with Gasteiger partial charge in [-0.3, -0.25) is 0 Å². The molecule has 0 spiro atoms. The predicted molar refractivity (Wildman–Crippen MR) is 58.9 cm³/mol. The van der Waals surface area contributed by atoms with Gasteiger partial charge in [-0.1, -0.05) is 22.9 Å². The smallest absolute Gasteiger partial charge is 0.235 e. The van der Waals surface area contributed by atoms with Crippen LogP contribution in [0.4, 0.5) is 0 Å². The standard InChI is InChI=1S/C10H11ClNOS/c1-7-12(4-5-13)9-6-8(11)2-3-10(9)14-7/h2-3,6,13H,4-5H2,1H3/q+1. The summed E-state index contributed by atoms with van der Waals surface area (Å²) in [6, 6.07) is 5.85. The maximum Gasteiger partial charge on any atom is 0.235 e. The van der Waals surface area contributed by atoms with Crippen LogP contribution in [0, 0.1) is 6.92 Å². The molecular weight excluding hydrogens is 218 g/mol. The third-order valence-electron chi connectivity index (χ3n) is 2.17. The Morgan fingerprint density at radius 1 is 1.50 bits per heavy atom. The lowest BCUT2D eigenvalue weighted by Gasteiger charge is -1.93. The number of hydrogen-bond donors (Lipinski definition) is 1. The summed E-state index contributed by atoms with van der Waals surface area (Å²) in [5, 5.41) is 10.9. The molecule has 0 saturated carbocycles. The number of hydrogen-bond acceptors (Lipinski definition) is 2. The molecule has 0 aliphatic carbocycles. The molecule has 1 N–H and O–H groups in total. The molecule has 1 aromatic heterocycles. The van der Waals surface area contributed by atoms with Crippen molar-refractivity contribution in [1.29, 1.82) is 0 Å². The van der Waals surface area contributed by atoms with Crippen LogP contribution in [0.1, 0.15) is 5.01 Å². The van der Waals surface area contributed by atoms with Gasteiger partial charge in [0.05, 0.1) is 0 Å². The summed E-state index contributed by atoms with van der Waals surface area (Å²) in [5.74, 6) is 0. The molecule has 0 amide bonds. The van der Waals surface area contributed by atoms with E-state index in [4.69, 9.17) is 16.7 Å². The monoisotopic (exact) mass is 228 g/mol. The van der Waals surface area contributed by atoms with Crippen LogP contribution < -0.4 is 4.57 Å². The van der Waals surface area contributed by atoms with Gasteiger partial charge >= 0.3 is 0 Å². The number of aliphatic hydroxyl groups excluding tert-OH is 1. The van der Waals surface area contributed by atoms with Gasteiger partial charge in [-0.2, -0.15) is 4.57 Å². The van der Waals surface area contributed by atoms with Gasteiger partial charge in [0.25, 0.3) is 0 Å². The molecule has 74 valence electrons. The Bertz CT molecular complexity index is 466. The minimum absolute atomic E-state index is 0.157. The van der Waals surface area contributed by atoms with Crippen molar-refractivity contribution >= 4 is 33.2 Å². The molecule has 0 aliphatic rings. The number of fused-ring (bicyclic) bond motifs is 1. The van der Waals surface area contributed by atoms with Crippen molar-refractivity contribution < 1.29 is 9.67 Å². The van der Waals surface area contributed by atoms with Crippen molar-refractivity contribution in [3.8, 4) is 0 Å². The Morgan fingerprint density at radius 3 is 3.00 bits per heavy atom. The number of benzene rings is 1. The Labute approximate surface area is 91.4 Å². The van der Waals surface area contributed by atoms with Gasteiger partial charge in [0.2, 0.25) is 10.5 Å². The minimum Gasteiger partial charge on any atom is -0.390 e. The summed E-state index contributed by atoms with van der Waals surface area (Å²) in [4.78, 5) is 0. The van der Waals surface area contributed by atoms with Crippen LogP contribution in [0.2, 0.25) is 5.02 Å². The molecular formula is C10H11ClNOS+. The van der Waals surface area contributed by atoms with E-state index >= 15 is 0 Å². The van der Waals surface area contributed by atoms with Crippen molar-refractivity contribution in [2.24, 2.45) is 0 Å². The van der Waals surface area contributed by atoms with Gasteiger partial charge in [0.1, 0.15) is 11.3 Å². The number of halogens is 1. The molecule has 1 heterocycles. The molecule has 0 bridgehead atoms. The first-order chi connectivity index (χ1) is 6.72. The highest BCUT2D eigenvalue weighted by Gasteiger charge is 2.16. The van der Waals surface area contributed by atoms with Crippen LogP contribution in [0.25, 0.3) is 10.2 Å². The summed E-state index contributed by atoms with van der Waals surface area (Å²) in [6.45, 7) is 2.84. The second-order valence-corrected chi connectivity index (χ2v) is 4.78. The van der Waals surface area contributed by atoms with E-state index in [0.717, 1.165) is 10.5 Å². The minimum atomic E-state index is 0.157. The number of thiazole rings is 1. The van der Waals surface area contributed by atoms with Crippen LogP contribution in [-0.2, 0) is 6.54 Å². The van der Waals surface area contributed by atoms with E-state index in [0.29, 0.717) is 6.54 Å². The van der Waals surface area contributed by atoms with E-state index in [1.165, 1.54) is 9.71 Å². The summed E-state index contributed by atoms with van der Waals surface area (Å²) in [7, 11) is 0. The highest BCUT2D eigenvalue weighted by molar-refractivity contribution is 7.18. The number of aliphatic hydroxyl groups is 1. The lowest BCUT2D eigenvalue weighted by molar-refractivity contribution is -0.674. The summed E-state index contributed by atoms with van der Waals surface area (Å²) >= 11 is 7.65. The van der Waals surface area contributed by atoms with E-state index in [2.05, 4.69) is 4.57 Å². The topological polar surface area (TPSA) is 24.1 Å².